The van der Waals surface area contributed by atoms with Crippen molar-refractivity contribution in [1.82, 2.24) is 29.8 Å². The van der Waals surface area contributed by atoms with Gasteiger partial charge in [0.15, 0.2) is 11.7 Å². The highest BCUT2D eigenvalue weighted by molar-refractivity contribution is 5.80. The van der Waals surface area contributed by atoms with Crippen molar-refractivity contribution >= 4 is 11.9 Å². The van der Waals surface area contributed by atoms with Crippen LogP contribution in [0.25, 0.3) is 0 Å². The Bertz CT molecular complexity index is 748. The second kappa shape index (κ2) is 9.67. The lowest BCUT2D eigenvalue weighted by atomic mass is 10.2. The molecule has 1 aromatic rings. The van der Waals surface area contributed by atoms with Crippen LogP contribution in [0.4, 0.5) is 13.2 Å². The number of hydrogen-bond acceptors (Lipinski definition) is 4. The van der Waals surface area contributed by atoms with Crippen molar-refractivity contribution in [2.24, 2.45) is 12.0 Å². The number of nitrogens with one attached hydrogen (secondary N) is 1. The van der Waals surface area contributed by atoms with E-state index in [0.29, 0.717) is 45.2 Å². The summed E-state index contributed by atoms with van der Waals surface area (Å²) in [6.07, 6.45) is -0.986. The van der Waals surface area contributed by atoms with E-state index in [4.69, 9.17) is 0 Å². The summed E-state index contributed by atoms with van der Waals surface area (Å²) in [7, 11) is 1.47. The van der Waals surface area contributed by atoms with Crippen LogP contribution in [0.5, 0.6) is 0 Å². The SMILES string of the molecule is CCNC(=NCc1cn(C)nc1C(F)(F)F)N1CCN(CC(=O)N2CCCC2)CC1. The first-order valence-electron chi connectivity index (χ1n) is 10.4. The summed E-state index contributed by atoms with van der Waals surface area (Å²) in [6.45, 7) is 7.32. The van der Waals surface area contributed by atoms with Gasteiger partial charge in [0.25, 0.3) is 0 Å². The molecule has 0 radical (unpaired) electrons. The molecule has 11 heteroatoms. The summed E-state index contributed by atoms with van der Waals surface area (Å²) < 4.78 is 40.6. The van der Waals surface area contributed by atoms with E-state index in [2.05, 4.69) is 20.3 Å². The molecule has 1 aromatic heterocycles. The number of piperazine rings is 1. The minimum absolute atomic E-state index is 0.0512. The van der Waals surface area contributed by atoms with Crippen molar-refractivity contribution in [2.45, 2.75) is 32.5 Å². The molecular formula is C19H30F3N7O. The maximum absolute atomic E-state index is 13.2. The fraction of sp³-hybridized carbons (Fsp3) is 0.737. The first-order valence-corrected chi connectivity index (χ1v) is 10.4. The predicted octanol–water partition coefficient (Wildman–Crippen LogP) is 1.14. The lowest BCUT2D eigenvalue weighted by molar-refractivity contribution is -0.142. The number of aliphatic imine (C=N–C) groups is 1. The number of guanidine groups is 1. The Balaban J connectivity index is 1.58. The number of aryl methyl sites for hydroxylation is 1. The highest BCUT2D eigenvalue weighted by Crippen LogP contribution is 2.30. The molecule has 0 saturated carbocycles. The standard InChI is InChI=1S/C19H30F3N7O/c1-3-23-18(24-12-15-13-26(2)25-17(15)19(20,21)22)29-10-8-27(9-11-29)14-16(30)28-6-4-5-7-28/h13H,3-12,14H2,1-2H3,(H,23,24). The van der Waals surface area contributed by atoms with Crippen molar-refractivity contribution in [2.75, 3.05) is 52.4 Å². The Morgan fingerprint density at radius 3 is 2.40 bits per heavy atom. The van der Waals surface area contributed by atoms with E-state index in [1.54, 1.807) is 0 Å². The molecule has 0 spiro atoms. The normalized spacial score (nSPS) is 18.9. The Labute approximate surface area is 174 Å². The van der Waals surface area contributed by atoms with E-state index >= 15 is 0 Å². The number of likely N-dealkylation sites (tertiary alicyclic amines) is 1. The maximum atomic E-state index is 13.2. The molecule has 0 atom stereocenters. The Morgan fingerprint density at radius 2 is 1.80 bits per heavy atom. The second-order valence-electron chi connectivity index (χ2n) is 7.70. The number of alkyl halides is 3. The third-order valence-corrected chi connectivity index (χ3v) is 5.40. The fourth-order valence-corrected chi connectivity index (χ4v) is 3.85. The van der Waals surface area contributed by atoms with Gasteiger partial charge in [-0.2, -0.15) is 18.3 Å². The summed E-state index contributed by atoms with van der Waals surface area (Å²) in [5, 5.41) is 6.70. The van der Waals surface area contributed by atoms with Gasteiger partial charge in [-0.1, -0.05) is 0 Å². The zero-order valence-corrected chi connectivity index (χ0v) is 17.6. The minimum atomic E-state index is -4.50. The molecule has 3 heterocycles. The Morgan fingerprint density at radius 1 is 1.13 bits per heavy atom. The molecule has 0 aliphatic carbocycles. The number of rotatable bonds is 5. The number of carbonyl (C=O) groups excluding carboxylic acids is 1. The van der Waals surface area contributed by atoms with Crippen molar-refractivity contribution < 1.29 is 18.0 Å². The number of amides is 1. The zero-order valence-electron chi connectivity index (χ0n) is 17.6. The van der Waals surface area contributed by atoms with Gasteiger partial charge in [0.2, 0.25) is 5.91 Å². The lowest BCUT2D eigenvalue weighted by Gasteiger charge is -2.36. The molecule has 2 aliphatic heterocycles. The summed E-state index contributed by atoms with van der Waals surface area (Å²) in [5.74, 6) is 0.762. The van der Waals surface area contributed by atoms with Crippen LogP contribution in [0, 0.1) is 0 Å². The Hall–Kier alpha value is -2.30. The van der Waals surface area contributed by atoms with Crippen LogP contribution in [0.1, 0.15) is 31.0 Å². The zero-order chi connectivity index (χ0) is 21.7. The molecule has 2 fully saturated rings. The average Bonchev–Trinajstić information content (AvgIpc) is 3.35. The van der Waals surface area contributed by atoms with Gasteiger partial charge in [0, 0.05) is 64.6 Å². The van der Waals surface area contributed by atoms with Crippen LogP contribution in [0.15, 0.2) is 11.2 Å². The highest BCUT2D eigenvalue weighted by atomic mass is 19.4. The van der Waals surface area contributed by atoms with Gasteiger partial charge < -0.3 is 15.1 Å². The van der Waals surface area contributed by atoms with Crippen LogP contribution in [-0.4, -0.2) is 88.7 Å². The van der Waals surface area contributed by atoms with Crippen molar-refractivity contribution in [3.8, 4) is 0 Å². The van der Waals surface area contributed by atoms with E-state index in [1.807, 2.05) is 16.7 Å². The molecule has 0 bridgehead atoms. The topological polar surface area (TPSA) is 69.0 Å². The van der Waals surface area contributed by atoms with E-state index in [-0.39, 0.29) is 18.0 Å². The largest absolute Gasteiger partial charge is 0.435 e. The predicted molar refractivity (Wildman–Crippen MR) is 107 cm³/mol. The molecule has 0 unspecified atom stereocenters. The number of halogens is 3. The quantitative estimate of drug-likeness (QED) is 0.562. The summed E-state index contributed by atoms with van der Waals surface area (Å²) >= 11 is 0. The monoisotopic (exact) mass is 429 g/mol. The lowest BCUT2D eigenvalue weighted by Crippen LogP contribution is -2.54. The number of hydrogen-bond donors (Lipinski definition) is 1. The van der Waals surface area contributed by atoms with Crippen LogP contribution in [0.3, 0.4) is 0 Å². The molecule has 0 aromatic carbocycles. The molecule has 1 N–H and O–H groups in total. The molecule has 3 rings (SSSR count). The van der Waals surface area contributed by atoms with Gasteiger partial charge in [-0.25, -0.2) is 4.99 Å². The van der Waals surface area contributed by atoms with Crippen LogP contribution in [-0.2, 0) is 24.6 Å². The van der Waals surface area contributed by atoms with Crippen molar-refractivity contribution in [1.29, 1.82) is 0 Å². The van der Waals surface area contributed by atoms with E-state index in [1.165, 1.54) is 13.2 Å². The van der Waals surface area contributed by atoms with Crippen LogP contribution >= 0.6 is 0 Å². The third kappa shape index (κ3) is 5.65. The Kier molecular flexibility index (Phi) is 7.22. The minimum Gasteiger partial charge on any atom is -0.357 e. The van der Waals surface area contributed by atoms with Crippen LogP contribution in [0.2, 0.25) is 0 Å². The van der Waals surface area contributed by atoms with Crippen LogP contribution < -0.4 is 5.32 Å². The molecule has 8 nitrogen and oxygen atoms in total. The van der Waals surface area contributed by atoms with Crippen molar-refractivity contribution in [3.63, 3.8) is 0 Å². The third-order valence-electron chi connectivity index (χ3n) is 5.40. The fourth-order valence-electron chi connectivity index (χ4n) is 3.85. The summed E-state index contributed by atoms with van der Waals surface area (Å²) in [6, 6.07) is 0. The molecular weight excluding hydrogens is 399 g/mol. The van der Waals surface area contributed by atoms with Gasteiger partial charge in [-0.05, 0) is 19.8 Å². The van der Waals surface area contributed by atoms with Gasteiger partial charge in [-0.3, -0.25) is 14.4 Å². The average molecular weight is 429 g/mol. The smallest absolute Gasteiger partial charge is 0.357 e. The summed E-state index contributed by atoms with van der Waals surface area (Å²) in [5.41, 5.74) is -0.843. The van der Waals surface area contributed by atoms with Crippen molar-refractivity contribution in [3.05, 3.63) is 17.5 Å². The van der Waals surface area contributed by atoms with Gasteiger partial charge in [0.05, 0.1) is 13.1 Å². The number of nitrogens with zero attached hydrogens (tertiary/aromatic N) is 6. The first kappa shape index (κ1) is 22.4. The number of carbonyl (C=O) groups is 1. The highest BCUT2D eigenvalue weighted by Gasteiger charge is 2.36. The maximum Gasteiger partial charge on any atom is 0.435 e. The van der Waals surface area contributed by atoms with Gasteiger partial charge in [-0.15, -0.1) is 0 Å². The van der Waals surface area contributed by atoms with E-state index in [0.717, 1.165) is 30.6 Å². The molecule has 2 aliphatic rings. The molecule has 1 amide bonds. The summed E-state index contributed by atoms with van der Waals surface area (Å²) in [4.78, 5) is 22.8. The molecule has 30 heavy (non-hydrogen) atoms. The molecule has 2 saturated heterocycles. The number of aromatic nitrogens is 2. The second-order valence-corrected chi connectivity index (χ2v) is 7.70. The first-order chi connectivity index (χ1) is 14.3. The molecule has 168 valence electrons. The van der Waals surface area contributed by atoms with Gasteiger partial charge >= 0.3 is 6.18 Å². The van der Waals surface area contributed by atoms with Gasteiger partial charge in [0.1, 0.15) is 0 Å². The van der Waals surface area contributed by atoms with E-state index < -0.39 is 11.9 Å². The van der Waals surface area contributed by atoms with E-state index in [9.17, 15) is 18.0 Å².